The lowest BCUT2D eigenvalue weighted by Gasteiger charge is -2.11. The number of amides is 1. The number of nitrogens with zero attached hydrogens (tertiary/aromatic N) is 3. The maximum absolute atomic E-state index is 13.1. The molecule has 1 N–H and O–H groups in total. The van der Waals surface area contributed by atoms with Gasteiger partial charge in [-0.05, 0) is 37.3 Å². The molecule has 0 saturated heterocycles. The highest BCUT2D eigenvalue weighted by molar-refractivity contribution is 8.00. The van der Waals surface area contributed by atoms with E-state index in [2.05, 4.69) is 15.5 Å². The van der Waals surface area contributed by atoms with Gasteiger partial charge >= 0.3 is 0 Å². The Kier molecular flexibility index (Phi) is 4.06. The molecule has 0 aliphatic rings. The maximum atomic E-state index is 13.1. The summed E-state index contributed by atoms with van der Waals surface area (Å²) in [5.41, 5.74) is 1.16. The van der Waals surface area contributed by atoms with Gasteiger partial charge in [0.25, 0.3) is 0 Å². The molecule has 3 aromatic rings. The van der Waals surface area contributed by atoms with Gasteiger partial charge in [-0.25, -0.2) is 4.39 Å². The number of aromatic nitrogens is 3. The topological polar surface area (TPSA) is 59.3 Å². The number of hydrogen-bond acceptors (Lipinski definition) is 4. The number of benzene rings is 1. The number of fused-ring (bicyclic) bond motifs is 1. The largest absolute Gasteiger partial charge is 0.325 e. The highest BCUT2D eigenvalue weighted by Crippen LogP contribution is 2.23. The number of hydrogen-bond donors (Lipinski definition) is 1. The molecule has 0 spiro atoms. The maximum Gasteiger partial charge on any atom is 0.237 e. The first-order valence-electron chi connectivity index (χ1n) is 6.66. The molecule has 3 rings (SSSR count). The molecule has 2 heterocycles. The van der Waals surface area contributed by atoms with Crippen LogP contribution in [0.1, 0.15) is 6.92 Å². The molecule has 0 saturated carbocycles. The van der Waals surface area contributed by atoms with Crippen LogP contribution in [0.25, 0.3) is 5.65 Å². The summed E-state index contributed by atoms with van der Waals surface area (Å²) >= 11 is 1.29. The molecule has 5 nitrogen and oxygen atoms in total. The fourth-order valence-corrected chi connectivity index (χ4v) is 2.76. The fraction of sp³-hybridized carbons (Fsp3) is 0.133. The molecular formula is C15H13FN4OS. The standard InChI is InChI=1S/C15H13FN4OS/c1-10(14(21)17-12-6-4-5-11(16)9-12)22-15-19-18-13-7-2-3-8-20(13)15/h2-10H,1H3,(H,17,21)/t10-/m1/s1. The van der Waals surface area contributed by atoms with Crippen molar-refractivity contribution >= 4 is 29.0 Å². The van der Waals surface area contributed by atoms with Crippen molar-refractivity contribution in [3.8, 4) is 0 Å². The van der Waals surface area contributed by atoms with Crippen molar-refractivity contribution in [3.63, 3.8) is 0 Å². The molecule has 0 radical (unpaired) electrons. The second-order valence-corrected chi connectivity index (χ2v) is 5.98. The van der Waals surface area contributed by atoms with E-state index in [0.29, 0.717) is 10.8 Å². The van der Waals surface area contributed by atoms with Gasteiger partial charge in [-0.3, -0.25) is 9.20 Å². The van der Waals surface area contributed by atoms with Gasteiger partial charge in [0.05, 0.1) is 5.25 Å². The van der Waals surface area contributed by atoms with E-state index in [-0.39, 0.29) is 11.7 Å². The van der Waals surface area contributed by atoms with Crippen LogP contribution < -0.4 is 5.32 Å². The zero-order chi connectivity index (χ0) is 15.5. The quantitative estimate of drug-likeness (QED) is 0.752. The molecular weight excluding hydrogens is 303 g/mol. The third-order valence-corrected chi connectivity index (χ3v) is 4.08. The van der Waals surface area contributed by atoms with Crippen LogP contribution in [0.3, 0.4) is 0 Å². The number of carbonyl (C=O) groups excluding carboxylic acids is 1. The Morgan fingerprint density at radius 3 is 2.95 bits per heavy atom. The van der Waals surface area contributed by atoms with Crippen LogP contribution in [0, 0.1) is 5.82 Å². The van der Waals surface area contributed by atoms with Crippen LogP contribution in [0.15, 0.2) is 53.8 Å². The Morgan fingerprint density at radius 2 is 2.14 bits per heavy atom. The molecule has 0 bridgehead atoms. The molecule has 0 fully saturated rings. The second kappa shape index (κ2) is 6.15. The van der Waals surface area contributed by atoms with E-state index >= 15 is 0 Å². The molecule has 112 valence electrons. The molecule has 1 amide bonds. The van der Waals surface area contributed by atoms with Gasteiger partial charge in [-0.1, -0.05) is 23.9 Å². The number of halogens is 1. The van der Waals surface area contributed by atoms with Gasteiger partial charge in [0.1, 0.15) is 5.82 Å². The first-order valence-corrected chi connectivity index (χ1v) is 7.54. The predicted molar refractivity (Wildman–Crippen MR) is 83.3 cm³/mol. The van der Waals surface area contributed by atoms with E-state index in [1.165, 1.54) is 23.9 Å². The van der Waals surface area contributed by atoms with Gasteiger partial charge in [0.15, 0.2) is 10.8 Å². The Labute approximate surface area is 130 Å². The molecule has 0 aliphatic carbocycles. The Bertz CT molecular complexity index is 820. The van der Waals surface area contributed by atoms with E-state index in [1.54, 1.807) is 19.1 Å². The van der Waals surface area contributed by atoms with Gasteiger partial charge in [0, 0.05) is 11.9 Å². The molecule has 1 atom stereocenters. The zero-order valence-corrected chi connectivity index (χ0v) is 12.5. The summed E-state index contributed by atoms with van der Waals surface area (Å²) in [5, 5.41) is 11.0. The van der Waals surface area contributed by atoms with E-state index in [9.17, 15) is 9.18 Å². The normalized spacial score (nSPS) is 12.3. The summed E-state index contributed by atoms with van der Waals surface area (Å²) in [4.78, 5) is 12.2. The summed E-state index contributed by atoms with van der Waals surface area (Å²) in [5.74, 6) is -0.607. The summed E-state index contributed by atoms with van der Waals surface area (Å²) in [7, 11) is 0. The fourth-order valence-electron chi connectivity index (χ4n) is 1.92. The minimum absolute atomic E-state index is 0.219. The SMILES string of the molecule is C[C@@H](Sc1nnc2ccccn12)C(=O)Nc1cccc(F)c1. The highest BCUT2D eigenvalue weighted by atomic mass is 32.2. The average Bonchev–Trinajstić information content (AvgIpc) is 2.90. The van der Waals surface area contributed by atoms with Crippen molar-refractivity contribution in [3.05, 3.63) is 54.5 Å². The number of anilines is 1. The van der Waals surface area contributed by atoms with E-state index in [4.69, 9.17) is 0 Å². The van der Waals surface area contributed by atoms with Crippen molar-refractivity contribution in [1.82, 2.24) is 14.6 Å². The third-order valence-electron chi connectivity index (χ3n) is 3.03. The van der Waals surface area contributed by atoms with Crippen molar-refractivity contribution in [2.45, 2.75) is 17.3 Å². The number of rotatable bonds is 4. The van der Waals surface area contributed by atoms with Gasteiger partial charge < -0.3 is 5.32 Å². The van der Waals surface area contributed by atoms with Crippen LogP contribution in [0.2, 0.25) is 0 Å². The lowest BCUT2D eigenvalue weighted by Crippen LogP contribution is -2.22. The lowest BCUT2D eigenvalue weighted by molar-refractivity contribution is -0.115. The molecule has 22 heavy (non-hydrogen) atoms. The van der Waals surface area contributed by atoms with E-state index in [0.717, 1.165) is 5.65 Å². The number of nitrogens with one attached hydrogen (secondary N) is 1. The monoisotopic (exact) mass is 316 g/mol. The van der Waals surface area contributed by atoms with Crippen molar-refractivity contribution < 1.29 is 9.18 Å². The van der Waals surface area contributed by atoms with Crippen LogP contribution in [-0.4, -0.2) is 25.8 Å². The van der Waals surface area contributed by atoms with Crippen LogP contribution >= 0.6 is 11.8 Å². The Morgan fingerprint density at radius 1 is 1.27 bits per heavy atom. The van der Waals surface area contributed by atoms with Crippen molar-refractivity contribution in [2.75, 3.05) is 5.32 Å². The first-order chi connectivity index (χ1) is 10.6. The van der Waals surface area contributed by atoms with E-state index < -0.39 is 5.25 Å². The van der Waals surface area contributed by atoms with E-state index in [1.807, 2.05) is 28.8 Å². The molecule has 1 aromatic carbocycles. The molecule has 7 heteroatoms. The average molecular weight is 316 g/mol. The number of pyridine rings is 1. The van der Waals surface area contributed by atoms with Crippen LogP contribution in [0.4, 0.5) is 10.1 Å². The zero-order valence-electron chi connectivity index (χ0n) is 11.7. The molecule has 0 aliphatic heterocycles. The smallest absolute Gasteiger partial charge is 0.237 e. The van der Waals surface area contributed by atoms with Gasteiger partial charge in [-0.2, -0.15) is 0 Å². The summed E-state index contributed by atoms with van der Waals surface area (Å²) in [6, 6.07) is 11.4. The Balaban J connectivity index is 1.71. The van der Waals surface area contributed by atoms with Crippen LogP contribution in [-0.2, 0) is 4.79 Å². The van der Waals surface area contributed by atoms with Gasteiger partial charge in [-0.15, -0.1) is 10.2 Å². The summed E-state index contributed by atoms with van der Waals surface area (Å²) < 4.78 is 14.9. The molecule has 2 aromatic heterocycles. The first kappa shape index (κ1) is 14.5. The van der Waals surface area contributed by atoms with Crippen molar-refractivity contribution in [2.24, 2.45) is 0 Å². The minimum Gasteiger partial charge on any atom is -0.325 e. The summed E-state index contributed by atoms with van der Waals surface area (Å²) in [6.45, 7) is 1.77. The Hall–Kier alpha value is -2.41. The third kappa shape index (κ3) is 3.09. The summed E-state index contributed by atoms with van der Waals surface area (Å²) in [6.07, 6.45) is 1.84. The predicted octanol–water partition coefficient (Wildman–Crippen LogP) is 2.99. The van der Waals surface area contributed by atoms with Crippen LogP contribution in [0.5, 0.6) is 0 Å². The number of carbonyl (C=O) groups is 1. The van der Waals surface area contributed by atoms with Gasteiger partial charge in [0.2, 0.25) is 5.91 Å². The number of thioether (sulfide) groups is 1. The second-order valence-electron chi connectivity index (χ2n) is 4.67. The van der Waals surface area contributed by atoms with Crippen molar-refractivity contribution in [1.29, 1.82) is 0 Å². The minimum atomic E-state index is -0.393. The highest BCUT2D eigenvalue weighted by Gasteiger charge is 2.18. The lowest BCUT2D eigenvalue weighted by atomic mass is 10.3. The molecule has 0 unspecified atom stereocenters.